The first kappa shape index (κ1) is 9.98. The quantitative estimate of drug-likeness (QED) is 0.774. The third-order valence-electron chi connectivity index (χ3n) is 2.92. The molecule has 0 amide bonds. The smallest absolute Gasteiger partial charge is 0.324 e. The minimum Gasteiger partial charge on any atom is -0.497 e. The summed E-state index contributed by atoms with van der Waals surface area (Å²) in [4.78, 5) is 10.8. The SMILES string of the molecule is COc1ccc([C@H]2C[C@@]2(N)C(=O)O)cc1. The lowest BCUT2D eigenvalue weighted by atomic mass is 10.1. The van der Waals surface area contributed by atoms with E-state index in [1.54, 1.807) is 7.11 Å². The molecular formula is C11H13NO3. The fourth-order valence-electron chi connectivity index (χ4n) is 1.77. The molecule has 4 nitrogen and oxygen atoms in total. The zero-order valence-electron chi connectivity index (χ0n) is 8.43. The molecule has 0 spiro atoms. The fourth-order valence-corrected chi connectivity index (χ4v) is 1.77. The summed E-state index contributed by atoms with van der Waals surface area (Å²) in [5.74, 6) is -0.235. The number of nitrogens with two attached hydrogens (primary N) is 1. The molecule has 0 bridgehead atoms. The minimum absolute atomic E-state index is 0.0686. The summed E-state index contributed by atoms with van der Waals surface area (Å²) >= 11 is 0. The number of ether oxygens (including phenoxy) is 1. The van der Waals surface area contributed by atoms with Gasteiger partial charge in [-0.05, 0) is 24.1 Å². The molecule has 0 heterocycles. The van der Waals surface area contributed by atoms with Gasteiger partial charge >= 0.3 is 5.97 Å². The molecule has 15 heavy (non-hydrogen) atoms. The van der Waals surface area contributed by atoms with Crippen molar-refractivity contribution in [3.05, 3.63) is 29.8 Å². The van der Waals surface area contributed by atoms with Gasteiger partial charge in [0.1, 0.15) is 11.3 Å². The summed E-state index contributed by atoms with van der Waals surface area (Å²) in [7, 11) is 1.59. The van der Waals surface area contributed by atoms with Gasteiger partial charge in [-0.3, -0.25) is 4.79 Å². The molecule has 0 aliphatic heterocycles. The number of carboxylic acid groups (broad SMARTS) is 1. The maximum absolute atomic E-state index is 10.8. The van der Waals surface area contributed by atoms with Crippen molar-refractivity contribution in [1.29, 1.82) is 0 Å². The first-order valence-corrected chi connectivity index (χ1v) is 4.74. The Balaban J connectivity index is 2.16. The van der Waals surface area contributed by atoms with Crippen LogP contribution in [0, 0.1) is 0 Å². The number of benzene rings is 1. The second-order valence-corrected chi connectivity index (χ2v) is 3.88. The van der Waals surface area contributed by atoms with Crippen molar-refractivity contribution in [2.24, 2.45) is 5.73 Å². The number of aliphatic carboxylic acids is 1. The van der Waals surface area contributed by atoms with Crippen molar-refractivity contribution in [1.82, 2.24) is 0 Å². The average molecular weight is 207 g/mol. The van der Waals surface area contributed by atoms with Crippen LogP contribution in [0.3, 0.4) is 0 Å². The molecule has 1 aromatic rings. The third kappa shape index (κ3) is 1.57. The Morgan fingerprint density at radius 2 is 2.13 bits per heavy atom. The van der Waals surface area contributed by atoms with Crippen LogP contribution in [0.2, 0.25) is 0 Å². The Morgan fingerprint density at radius 3 is 2.53 bits per heavy atom. The van der Waals surface area contributed by atoms with Crippen molar-refractivity contribution in [3.8, 4) is 5.75 Å². The van der Waals surface area contributed by atoms with Gasteiger partial charge in [0.15, 0.2) is 0 Å². The number of carbonyl (C=O) groups is 1. The Bertz CT molecular complexity index is 387. The lowest BCUT2D eigenvalue weighted by molar-refractivity contribution is -0.139. The number of hydrogen-bond acceptors (Lipinski definition) is 3. The van der Waals surface area contributed by atoms with Crippen LogP contribution in [0.4, 0.5) is 0 Å². The normalized spacial score (nSPS) is 28.5. The summed E-state index contributed by atoms with van der Waals surface area (Å²) in [6, 6.07) is 7.36. The molecule has 0 saturated heterocycles. The fraction of sp³-hybridized carbons (Fsp3) is 0.364. The Kier molecular flexibility index (Phi) is 2.16. The molecule has 1 fully saturated rings. The van der Waals surface area contributed by atoms with E-state index < -0.39 is 11.5 Å². The molecule has 1 saturated carbocycles. The van der Waals surface area contributed by atoms with Gasteiger partial charge in [-0.15, -0.1) is 0 Å². The summed E-state index contributed by atoms with van der Waals surface area (Å²) in [6.45, 7) is 0. The van der Waals surface area contributed by atoms with E-state index in [9.17, 15) is 4.79 Å². The molecule has 0 unspecified atom stereocenters. The van der Waals surface area contributed by atoms with Crippen LogP contribution < -0.4 is 10.5 Å². The van der Waals surface area contributed by atoms with E-state index in [-0.39, 0.29) is 5.92 Å². The van der Waals surface area contributed by atoms with E-state index in [2.05, 4.69) is 0 Å². The molecule has 1 aromatic carbocycles. The summed E-state index contributed by atoms with van der Waals surface area (Å²) in [5, 5.41) is 8.90. The van der Waals surface area contributed by atoms with Crippen molar-refractivity contribution < 1.29 is 14.6 Å². The van der Waals surface area contributed by atoms with Gasteiger partial charge in [0.2, 0.25) is 0 Å². The monoisotopic (exact) mass is 207 g/mol. The Labute approximate surface area is 87.7 Å². The molecule has 2 rings (SSSR count). The van der Waals surface area contributed by atoms with Crippen LogP contribution in [0.5, 0.6) is 5.75 Å². The van der Waals surface area contributed by atoms with Crippen molar-refractivity contribution in [2.75, 3.05) is 7.11 Å². The topological polar surface area (TPSA) is 72.5 Å². The van der Waals surface area contributed by atoms with Crippen LogP contribution >= 0.6 is 0 Å². The highest BCUT2D eigenvalue weighted by molar-refractivity contribution is 5.84. The Hall–Kier alpha value is -1.55. The predicted octanol–water partition coefficient (Wildman–Crippen LogP) is 0.965. The summed E-state index contributed by atoms with van der Waals surface area (Å²) < 4.78 is 5.02. The van der Waals surface area contributed by atoms with E-state index >= 15 is 0 Å². The van der Waals surface area contributed by atoms with Gasteiger partial charge < -0.3 is 15.6 Å². The molecule has 1 aliphatic carbocycles. The second kappa shape index (κ2) is 3.24. The highest BCUT2D eigenvalue weighted by Crippen LogP contribution is 2.49. The lowest BCUT2D eigenvalue weighted by Gasteiger charge is -2.06. The van der Waals surface area contributed by atoms with Crippen LogP contribution in [0.25, 0.3) is 0 Å². The van der Waals surface area contributed by atoms with E-state index in [0.717, 1.165) is 11.3 Å². The van der Waals surface area contributed by atoms with Gasteiger partial charge in [0.05, 0.1) is 7.11 Å². The largest absolute Gasteiger partial charge is 0.497 e. The first-order valence-electron chi connectivity index (χ1n) is 4.74. The zero-order valence-corrected chi connectivity index (χ0v) is 8.43. The van der Waals surface area contributed by atoms with Gasteiger partial charge in [-0.2, -0.15) is 0 Å². The average Bonchev–Trinajstić information content (AvgIpc) is 2.93. The van der Waals surface area contributed by atoms with Crippen LogP contribution in [-0.4, -0.2) is 23.7 Å². The van der Waals surface area contributed by atoms with Gasteiger partial charge in [-0.25, -0.2) is 0 Å². The molecular weight excluding hydrogens is 194 g/mol. The van der Waals surface area contributed by atoms with Crippen LogP contribution in [0.1, 0.15) is 17.9 Å². The third-order valence-corrected chi connectivity index (χ3v) is 2.92. The summed E-state index contributed by atoms with van der Waals surface area (Å²) in [5.41, 5.74) is 5.60. The van der Waals surface area contributed by atoms with Gasteiger partial charge in [0, 0.05) is 5.92 Å². The maximum atomic E-state index is 10.8. The maximum Gasteiger partial charge on any atom is 0.324 e. The highest BCUT2D eigenvalue weighted by Gasteiger charge is 2.58. The van der Waals surface area contributed by atoms with Crippen molar-refractivity contribution in [2.45, 2.75) is 17.9 Å². The lowest BCUT2D eigenvalue weighted by Crippen LogP contribution is -2.34. The summed E-state index contributed by atoms with van der Waals surface area (Å²) in [6.07, 6.45) is 0.509. The number of carboxylic acids is 1. The molecule has 3 N–H and O–H groups in total. The van der Waals surface area contributed by atoms with Crippen molar-refractivity contribution in [3.63, 3.8) is 0 Å². The molecule has 0 radical (unpaired) electrons. The number of hydrogen-bond donors (Lipinski definition) is 2. The molecule has 80 valence electrons. The van der Waals surface area contributed by atoms with E-state index in [4.69, 9.17) is 15.6 Å². The van der Waals surface area contributed by atoms with Gasteiger partial charge in [0.25, 0.3) is 0 Å². The number of rotatable bonds is 3. The molecule has 1 aliphatic rings. The van der Waals surface area contributed by atoms with Crippen LogP contribution in [0.15, 0.2) is 24.3 Å². The van der Waals surface area contributed by atoms with E-state index in [0.29, 0.717) is 6.42 Å². The molecule has 2 atom stereocenters. The van der Waals surface area contributed by atoms with Gasteiger partial charge in [-0.1, -0.05) is 12.1 Å². The second-order valence-electron chi connectivity index (χ2n) is 3.88. The number of methoxy groups -OCH3 is 1. The Morgan fingerprint density at radius 1 is 1.53 bits per heavy atom. The minimum atomic E-state index is -1.06. The predicted molar refractivity (Wildman–Crippen MR) is 54.9 cm³/mol. The van der Waals surface area contributed by atoms with E-state index in [1.165, 1.54) is 0 Å². The zero-order chi connectivity index (χ0) is 11.1. The molecule has 0 aromatic heterocycles. The van der Waals surface area contributed by atoms with E-state index in [1.807, 2.05) is 24.3 Å². The van der Waals surface area contributed by atoms with Crippen molar-refractivity contribution >= 4 is 5.97 Å². The first-order chi connectivity index (χ1) is 7.08. The van der Waals surface area contributed by atoms with Crippen LogP contribution in [-0.2, 0) is 4.79 Å². The highest BCUT2D eigenvalue weighted by atomic mass is 16.5. The standard InChI is InChI=1S/C11H13NO3/c1-15-8-4-2-7(3-5-8)9-6-11(9,12)10(13)14/h2-5,9H,6,12H2,1H3,(H,13,14)/t9-,11+/m1/s1. The molecule has 4 heteroatoms.